The molecular formula is C19H19F3O. The lowest BCUT2D eigenvalue weighted by Gasteiger charge is -2.09. The maximum absolute atomic E-state index is 12.5. The fourth-order valence-corrected chi connectivity index (χ4v) is 2.02. The predicted octanol–water partition coefficient (Wildman–Crippen LogP) is 6.10. The Labute approximate surface area is 134 Å². The molecule has 0 aliphatic rings. The maximum atomic E-state index is 12.5. The minimum Gasteiger partial charge on any atom is -0.489 e. The van der Waals surface area contributed by atoms with Crippen LogP contribution in [0.1, 0.15) is 36.5 Å². The molecule has 0 unspecified atom stereocenters. The molecule has 1 nitrogen and oxygen atoms in total. The Bertz CT molecular complexity index is 625. The molecular weight excluding hydrogens is 301 g/mol. The zero-order valence-electron chi connectivity index (χ0n) is 12.9. The van der Waals surface area contributed by atoms with Gasteiger partial charge in [0, 0.05) is 0 Å². The van der Waals surface area contributed by atoms with Gasteiger partial charge in [-0.05, 0) is 41.8 Å². The minimum atomic E-state index is -4.31. The summed E-state index contributed by atoms with van der Waals surface area (Å²) in [4.78, 5) is 0. The number of benzene rings is 2. The normalized spacial score (nSPS) is 11.8. The number of allylic oxidation sites excluding steroid dienone is 1. The van der Waals surface area contributed by atoms with Crippen LogP contribution in [0.25, 0.3) is 6.08 Å². The van der Waals surface area contributed by atoms with Gasteiger partial charge in [0.2, 0.25) is 0 Å². The fourth-order valence-electron chi connectivity index (χ4n) is 2.02. The number of halogens is 3. The van der Waals surface area contributed by atoms with E-state index in [0.29, 0.717) is 11.3 Å². The lowest BCUT2D eigenvalue weighted by molar-refractivity contribution is -0.137. The summed E-state index contributed by atoms with van der Waals surface area (Å²) in [6, 6.07) is 12.6. The molecule has 0 spiro atoms. The van der Waals surface area contributed by atoms with Gasteiger partial charge in [0.25, 0.3) is 0 Å². The Kier molecular flexibility index (Phi) is 5.85. The van der Waals surface area contributed by atoms with Gasteiger partial charge < -0.3 is 4.74 Å². The number of alkyl halides is 3. The third-order valence-corrected chi connectivity index (χ3v) is 3.33. The Morgan fingerprint density at radius 2 is 1.61 bits per heavy atom. The average Bonchev–Trinajstić information content (AvgIpc) is 2.54. The molecule has 0 saturated carbocycles. The van der Waals surface area contributed by atoms with Crippen LogP contribution >= 0.6 is 0 Å². The highest BCUT2D eigenvalue weighted by Crippen LogP contribution is 2.29. The van der Waals surface area contributed by atoms with Crippen LogP contribution < -0.4 is 4.74 Å². The summed E-state index contributed by atoms with van der Waals surface area (Å²) in [6.07, 6.45) is 2.04. The Morgan fingerprint density at radius 1 is 0.957 bits per heavy atom. The van der Waals surface area contributed by atoms with Crippen molar-refractivity contribution in [1.29, 1.82) is 0 Å². The Hall–Kier alpha value is -2.23. The molecule has 2 aromatic rings. The molecule has 4 heteroatoms. The smallest absolute Gasteiger partial charge is 0.416 e. The highest BCUT2D eigenvalue weighted by molar-refractivity contribution is 5.50. The molecule has 0 saturated heterocycles. The molecule has 122 valence electrons. The van der Waals surface area contributed by atoms with Crippen molar-refractivity contribution in [3.05, 3.63) is 71.3 Å². The molecule has 0 aliphatic heterocycles. The van der Waals surface area contributed by atoms with Gasteiger partial charge in [-0.25, -0.2) is 0 Å². The zero-order chi connectivity index (χ0) is 16.7. The minimum absolute atomic E-state index is 0.239. The van der Waals surface area contributed by atoms with E-state index in [4.69, 9.17) is 4.74 Å². The molecule has 0 aromatic heterocycles. The highest BCUT2D eigenvalue weighted by atomic mass is 19.4. The van der Waals surface area contributed by atoms with E-state index in [9.17, 15) is 13.2 Å². The third kappa shape index (κ3) is 5.47. The van der Waals surface area contributed by atoms with Crippen molar-refractivity contribution < 1.29 is 17.9 Å². The van der Waals surface area contributed by atoms with Crippen molar-refractivity contribution in [2.45, 2.75) is 32.5 Å². The second-order valence-electron chi connectivity index (χ2n) is 5.24. The molecule has 0 radical (unpaired) electrons. The Morgan fingerprint density at radius 3 is 2.17 bits per heavy atom. The SMILES string of the molecule is CCCC=Cc1ccc(OCc2ccc(C(F)(F)F)cc2)cc1. The van der Waals surface area contributed by atoms with E-state index < -0.39 is 11.7 Å². The molecule has 0 amide bonds. The van der Waals surface area contributed by atoms with Crippen molar-refractivity contribution in [3.63, 3.8) is 0 Å². The van der Waals surface area contributed by atoms with Gasteiger partial charge in [-0.2, -0.15) is 13.2 Å². The molecule has 0 bridgehead atoms. The van der Waals surface area contributed by atoms with Gasteiger partial charge in [-0.1, -0.05) is 49.8 Å². The van der Waals surface area contributed by atoms with Crippen molar-refractivity contribution in [2.75, 3.05) is 0 Å². The summed E-state index contributed by atoms with van der Waals surface area (Å²) in [5, 5.41) is 0. The summed E-state index contributed by atoms with van der Waals surface area (Å²) in [7, 11) is 0. The van der Waals surface area contributed by atoms with Crippen LogP contribution in [-0.2, 0) is 12.8 Å². The monoisotopic (exact) mass is 320 g/mol. The first kappa shape index (κ1) is 17.1. The second kappa shape index (κ2) is 7.86. The molecule has 0 aliphatic carbocycles. The lowest BCUT2D eigenvalue weighted by atomic mass is 10.1. The van der Waals surface area contributed by atoms with E-state index in [1.54, 1.807) is 0 Å². The van der Waals surface area contributed by atoms with E-state index in [1.807, 2.05) is 24.3 Å². The van der Waals surface area contributed by atoms with Gasteiger partial charge in [-0.15, -0.1) is 0 Å². The maximum Gasteiger partial charge on any atom is 0.416 e. The van der Waals surface area contributed by atoms with Gasteiger partial charge in [0.15, 0.2) is 0 Å². The van der Waals surface area contributed by atoms with Crippen molar-refractivity contribution in [3.8, 4) is 5.75 Å². The van der Waals surface area contributed by atoms with Crippen LogP contribution in [0.3, 0.4) is 0 Å². The standard InChI is InChI=1S/C19H19F3O/c1-2-3-4-5-15-8-12-18(13-9-15)23-14-16-6-10-17(11-7-16)19(20,21)22/h4-13H,2-3,14H2,1H3. The predicted molar refractivity (Wildman–Crippen MR) is 86.2 cm³/mol. The van der Waals surface area contributed by atoms with Crippen LogP contribution in [0.2, 0.25) is 0 Å². The van der Waals surface area contributed by atoms with Crippen LogP contribution in [-0.4, -0.2) is 0 Å². The average molecular weight is 320 g/mol. The summed E-state index contributed by atoms with van der Waals surface area (Å²) in [6.45, 7) is 2.37. The van der Waals surface area contributed by atoms with E-state index in [2.05, 4.69) is 19.1 Å². The van der Waals surface area contributed by atoms with E-state index in [-0.39, 0.29) is 6.61 Å². The van der Waals surface area contributed by atoms with Crippen molar-refractivity contribution >= 4 is 6.08 Å². The molecule has 0 fully saturated rings. The Balaban J connectivity index is 1.90. The van der Waals surface area contributed by atoms with E-state index in [0.717, 1.165) is 30.5 Å². The number of hydrogen-bond donors (Lipinski definition) is 0. The lowest BCUT2D eigenvalue weighted by Crippen LogP contribution is -2.05. The van der Waals surface area contributed by atoms with E-state index >= 15 is 0 Å². The largest absolute Gasteiger partial charge is 0.489 e. The second-order valence-corrected chi connectivity index (χ2v) is 5.24. The van der Waals surface area contributed by atoms with Crippen molar-refractivity contribution in [2.24, 2.45) is 0 Å². The van der Waals surface area contributed by atoms with Gasteiger partial charge in [0.05, 0.1) is 5.56 Å². The van der Waals surface area contributed by atoms with Gasteiger partial charge in [-0.3, -0.25) is 0 Å². The number of ether oxygens (including phenoxy) is 1. The number of rotatable bonds is 6. The van der Waals surface area contributed by atoms with Crippen molar-refractivity contribution in [1.82, 2.24) is 0 Å². The molecule has 2 aromatic carbocycles. The van der Waals surface area contributed by atoms with Crippen LogP contribution in [0, 0.1) is 0 Å². The molecule has 2 rings (SSSR count). The zero-order valence-corrected chi connectivity index (χ0v) is 12.9. The summed E-state index contributed by atoms with van der Waals surface area (Å²) < 4.78 is 43.0. The quantitative estimate of drug-likeness (QED) is 0.625. The summed E-state index contributed by atoms with van der Waals surface area (Å²) in [5.41, 5.74) is 1.15. The van der Waals surface area contributed by atoms with Crippen LogP contribution in [0.15, 0.2) is 54.6 Å². The fraction of sp³-hybridized carbons (Fsp3) is 0.263. The van der Waals surface area contributed by atoms with Crippen LogP contribution in [0.5, 0.6) is 5.75 Å². The first-order valence-electron chi connectivity index (χ1n) is 7.54. The van der Waals surface area contributed by atoms with Gasteiger partial charge in [0.1, 0.15) is 12.4 Å². The first-order valence-corrected chi connectivity index (χ1v) is 7.54. The number of unbranched alkanes of at least 4 members (excludes halogenated alkanes) is 1. The van der Waals surface area contributed by atoms with Crippen LogP contribution in [0.4, 0.5) is 13.2 Å². The topological polar surface area (TPSA) is 9.23 Å². The molecule has 0 N–H and O–H groups in total. The number of hydrogen-bond acceptors (Lipinski definition) is 1. The van der Waals surface area contributed by atoms with Gasteiger partial charge >= 0.3 is 6.18 Å². The first-order chi connectivity index (χ1) is 11.0. The molecule has 23 heavy (non-hydrogen) atoms. The molecule has 0 heterocycles. The summed E-state index contributed by atoms with van der Waals surface area (Å²) >= 11 is 0. The third-order valence-electron chi connectivity index (χ3n) is 3.33. The van der Waals surface area contributed by atoms with E-state index in [1.165, 1.54) is 12.1 Å². The summed E-state index contributed by atoms with van der Waals surface area (Å²) in [5.74, 6) is 0.692. The highest BCUT2D eigenvalue weighted by Gasteiger charge is 2.29. The molecule has 0 atom stereocenters.